The molecule has 6 heteroatoms. The molecular formula is C17H26N2O3S. The van der Waals surface area contributed by atoms with Crippen LogP contribution in [0.3, 0.4) is 0 Å². The third-order valence-electron chi connectivity index (χ3n) is 4.39. The third kappa shape index (κ3) is 4.53. The number of thioether (sulfide) groups is 1. The first-order valence-electron chi connectivity index (χ1n) is 8.14. The first-order chi connectivity index (χ1) is 10.9. The first-order valence-corrected chi connectivity index (χ1v) is 9.19. The predicted molar refractivity (Wildman–Crippen MR) is 92.8 cm³/mol. The molecule has 1 heterocycles. The van der Waals surface area contributed by atoms with Crippen molar-refractivity contribution in [1.29, 1.82) is 0 Å². The average molecular weight is 338 g/mol. The molecule has 5 nitrogen and oxygen atoms in total. The number of aryl methyl sites for hydroxylation is 2. The number of carbonyl (C=O) groups excluding carboxylic acids is 2. The lowest BCUT2D eigenvalue weighted by molar-refractivity contribution is -0.130. The zero-order valence-electron chi connectivity index (χ0n) is 14.3. The summed E-state index contributed by atoms with van der Waals surface area (Å²) < 4.78 is 5.35. The lowest BCUT2D eigenvalue weighted by Gasteiger charge is -2.24. The number of nitrogens with one attached hydrogen (secondary N) is 1. The lowest BCUT2D eigenvalue weighted by Crippen LogP contribution is -2.42. The average Bonchev–Trinajstić information content (AvgIpc) is 3.10. The maximum atomic E-state index is 12.3. The van der Waals surface area contributed by atoms with Crippen molar-refractivity contribution in [2.24, 2.45) is 0 Å². The topological polar surface area (TPSA) is 62.6 Å². The molecule has 2 rings (SSSR count). The Hall–Kier alpha value is -1.43. The van der Waals surface area contributed by atoms with Crippen LogP contribution in [-0.4, -0.2) is 47.4 Å². The van der Waals surface area contributed by atoms with E-state index in [4.69, 9.17) is 4.42 Å². The number of carbonyl (C=O) groups is 2. The van der Waals surface area contributed by atoms with Crippen LogP contribution < -0.4 is 5.32 Å². The van der Waals surface area contributed by atoms with E-state index in [1.165, 1.54) is 6.42 Å². The molecule has 0 radical (unpaired) electrons. The number of nitrogens with zero attached hydrogens (tertiary/aromatic N) is 1. The third-order valence-corrected chi connectivity index (χ3v) is 5.62. The van der Waals surface area contributed by atoms with Gasteiger partial charge in [0, 0.05) is 18.3 Å². The molecule has 0 spiro atoms. The van der Waals surface area contributed by atoms with Crippen LogP contribution in [0.4, 0.5) is 0 Å². The van der Waals surface area contributed by atoms with E-state index in [1.54, 1.807) is 24.8 Å². The summed E-state index contributed by atoms with van der Waals surface area (Å²) in [4.78, 5) is 26.2. The van der Waals surface area contributed by atoms with E-state index in [0.717, 1.165) is 18.6 Å². The molecule has 1 aliphatic carbocycles. The SMILES string of the molecule is CCS[C@@H]1CC[C@H](N(C)C(=O)CNC(=O)c2cc(C)oc2C)C1. The summed E-state index contributed by atoms with van der Waals surface area (Å²) in [5.41, 5.74) is 0.498. The minimum Gasteiger partial charge on any atom is -0.466 e. The Morgan fingerprint density at radius 3 is 2.74 bits per heavy atom. The molecule has 2 atom stereocenters. The molecular weight excluding hydrogens is 312 g/mol. The lowest BCUT2D eigenvalue weighted by atomic mass is 10.2. The molecule has 0 aromatic carbocycles. The van der Waals surface area contributed by atoms with E-state index < -0.39 is 0 Å². The smallest absolute Gasteiger partial charge is 0.255 e. The maximum Gasteiger partial charge on any atom is 0.255 e. The molecule has 0 aliphatic heterocycles. The minimum atomic E-state index is -0.257. The van der Waals surface area contributed by atoms with Crippen LogP contribution in [0.25, 0.3) is 0 Å². The maximum absolute atomic E-state index is 12.3. The van der Waals surface area contributed by atoms with Crippen LogP contribution in [0.5, 0.6) is 0 Å². The van der Waals surface area contributed by atoms with Gasteiger partial charge >= 0.3 is 0 Å². The van der Waals surface area contributed by atoms with Crippen molar-refractivity contribution in [3.05, 3.63) is 23.2 Å². The molecule has 1 fully saturated rings. The zero-order valence-corrected chi connectivity index (χ0v) is 15.2. The van der Waals surface area contributed by atoms with Gasteiger partial charge in [0.25, 0.3) is 5.91 Å². The highest BCUT2D eigenvalue weighted by Crippen LogP contribution is 2.32. The summed E-state index contributed by atoms with van der Waals surface area (Å²) in [5.74, 6) is 2.10. The van der Waals surface area contributed by atoms with Crippen molar-refractivity contribution in [2.75, 3.05) is 19.3 Å². The van der Waals surface area contributed by atoms with E-state index in [2.05, 4.69) is 12.2 Å². The van der Waals surface area contributed by atoms with Gasteiger partial charge in [0.2, 0.25) is 5.91 Å². The van der Waals surface area contributed by atoms with Crippen molar-refractivity contribution in [3.63, 3.8) is 0 Å². The second kappa shape index (κ2) is 7.90. The van der Waals surface area contributed by atoms with E-state index in [-0.39, 0.29) is 18.4 Å². The van der Waals surface area contributed by atoms with Gasteiger partial charge in [-0.1, -0.05) is 6.92 Å². The Morgan fingerprint density at radius 2 is 2.13 bits per heavy atom. The monoisotopic (exact) mass is 338 g/mol. The fourth-order valence-electron chi connectivity index (χ4n) is 3.09. The number of furan rings is 1. The Bertz CT molecular complexity index is 570. The van der Waals surface area contributed by atoms with Crippen molar-refractivity contribution in [1.82, 2.24) is 10.2 Å². The Morgan fingerprint density at radius 1 is 1.39 bits per heavy atom. The molecule has 0 unspecified atom stereocenters. The van der Waals surface area contributed by atoms with Crippen molar-refractivity contribution >= 4 is 23.6 Å². The van der Waals surface area contributed by atoms with Crippen LogP contribution >= 0.6 is 11.8 Å². The van der Waals surface area contributed by atoms with E-state index in [0.29, 0.717) is 28.4 Å². The number of amides is 2. The Labute approximate surface area is 142 Å². The predicted octanol–water partition coefficient (Wildman–Crippen LogP) is 2.76. The fourth-order valence-corrected chi connectivity index (χ4v) is 4.22. The minimum absolute atomic E-state index is 0.0289. The fraction of sp³-hybridized carbons (Fsp3) is 0.647. The molecule has 1 saturated carbocycles. The van der Waals surface area contributed by atoms with Crippen molar-refractivity contribution in [2.45, 2.75) is 51.3 Å². The largest absolute Gasteiger partial charge is 0.466 e. The molecule has 0 saturated heterocycles. The van der Waals surface area contributed by atoms with Gasteiger partial charge in [-0.3, -0.25) is 9.59 Å². The second-order valence-corrected chi connectivity index (χ2v) is 7.64. The summed E-state index contributed by atoms with van der Waals surface area (Å²) in [7, 11) is 1.84. The highest BCUT2D eigenvalue weighted by molar-refractivity contribution is 7.99. The van der Waals surface area contributed by atoms with Gasteiger partial charge in [-0.15, -0.1) is 0 Å². The molecule has 23 heavy (non-hydrogen) atoms. The van der Waals surface area contributed by atoms with Gasteiger partial charge in [0.15, 0.2) is 0 Å². The first kappa shape index (κ1) is 17.9. The summed E-state index contributed by atoms with van der Waals surface area (Å²) in [6.07, 6.45) is 3.27. The number of hydrogen-bond acceptors (Lipinski definition) is 4. The Kier molecular flexibility index (Phi) is 6.16. The Balaban J connectivity index is 1.82. The zero-order chi connectivity index (χ0) is 17.0. The molecule has 1 aromatic rings. The van der Waals surface area contributed by atoms with Crippen LogP contribution in [0.2, 0.25) is 0 Å². The van der Waals surface area contributed by atoms with Gasteiger partial charge in [0.1, 0.15) is 11.5 Å². The highest BCUT2D eigenvalue weighted by Gasteiger charge is 2.29. The van der Waals surface area contributed by atoms with Gasteiger partial charge in [-0.05, 0) is 44.9 Å². The highest BCUT2D eigenvalue weighted by atomic mass is 32.2. The van der Waals surface area contributed by atoms with Gasteiger partial charge < -0.3 is 14.6 Å². The van der Waals surface area contributed by atoms with E-state index >= 15 is 0 Å². The van der Waals surface area contributed by atoms with E-state index in [1.807, 2.05) is 18.8 Å². The summed E-state index contributed by atoms with van der Waals surface area (Å²) >= 11 is 1.97. The quantitative estimate of drug-likeness (QED) is 0.866. The summed E-state index contributed by atoms with van der Waals surface area (Å²) in [6, 6.07) is 1.99. The summed E-state index contributed by atoms with van der Waals surface area (Å²) in [6.45, 7) is 5.75. The van der Waals surface area contributed by atoms with Crippen LogP contribution in [0, 0.1) is 13.8 Å². The van der Waals surface area contributed by atoms with Gasteiger partial charge in [-0.25, -0.2) is 0 Å². The molecule has 0 bridgehead atoms. The van der Waals surface area contributed by atoms with Crippen LogP contribution in [-0.2, 0) is 4.79 Å². The molecule has 128 valence electrons. The molecule has 1 aromatic heterocycles. The summed E-state index contributed by atoms with van der Waals surface area (Å²) in [5, 5.41) is 3.36. The van der Waals surface area contributed by atoms with Crippen LogP contribution in [0.15, 0.2) is 10.5 Å². The molecule has 1 aliphatic rings. The van der Waals surface area contributed by atoms with Gasteiger partial charge in [-0.2, -0.15) is 11.8 Å². The van der Waals surface area contributed by atoms with Crippen molar-refractivity contribution in [3.8, 4) is 0 Å². The normalized spacial score (nSPS) is 20.5. The van der Waals surface area contributed by atoms with Crippen LogP contribution in [0.1, 0.15) is 48.1 Å². The number of rotatable bonds is 6. The second-order valence-electron chi connectivity index (χ2n) is 6.06. The standard InChI is InChI=1S/C17H26N2O3S/c1-5-23-14-7-6-13(9-14)19(4)16(20)10-18-17(21)15-8-11(2)22-12(15)3/h8,13-14H,5-7,9-10H2,1-4H3,(H,18,21)/t13-,14+/m0/s1. The molecule has 1 N–H and O–H groups in total. The van der Waals surface area contributed by atoms with E-state index in [9.17, 15) is 9.59 Å². The number of hydrogen-bond donors (Lipinski definition) is 1. The van der Waals surface area contributed by atoms with Gasteiger partial charge in [0.05, 0.1) is 12.1 Å². The molecule has 2 amide bonds. The number of likely N-dealkylation sites (N-methyl/N-ethyl adjacent to an activating group) is 1. The van der Waals surface area contributed by atoms with Crippen molar-refractivity contribution < 1.29 is 14.0 Å².